The van der Waals surface area contributed by atoms with Crippen molar-refractivity contribution in [2.75, 3.05) is 0 Å². The van der Waals surface area contributed by atoms with E-state index in [1.807, 2.05) is 0 Å². The number of hydrogen-bond donors (Lipinski definition) is 0. The number of hydrogen-bond acceptors (Lipinski definition) is 0. The first-order valence-electron chi connectivity index (χ1n) is 23.0. The molecule has 0 saturated carbocycles. The Labute approximate surface area is 383 Å². The average Bonchev–Trinajstić information content (AvgIpc) is 3.39. The lowest BCUT2D eigenvalue weighted by atomic mass is 9.86. The van der Waals surface area contributed by atoms with E-state index in [9.17, 15) is 0 Å². The smallest absolute Gasteiger partial charge is 0.00203 e. The summed E-state index contributed by atoms with van der Waals surface area (Å²) in [6.45, 7) is 0. The Kier molecular flexibility index (Phi) is 8.08. The fourth-order valence-corrected chi connectivity index (χ4v) is 11.1. The minimum Gasteiger partial charge on any atom is -0.0616 e. The van der Waals surface area contributed by atoms with Crippen LogP contribution in [0, 0.1) is 0 Å². The van der Waals surface area contributed by atoms with E-state index in [0.29, 0.717) is 0 Å². The summed E-state index contributed by atoms with van der Waals surface area (Å²) in [7, 11) is 0. The SMILES string of the molecule is c1cc(-c2cccc(-c3ccc4ccc5cccc6ccc3c4c56)c2)cc(-c2cccc(-c3ccc4ccc5c(-c6ccc(-c7ccc8ccccc8c7)cc6)ccc6ccc3c4c65)c2)c1. The van der Waals surface area contributed by atoms with Crippen LogP contribution < -0.4 is 0 Å². The minimum absolute atomic E-state index is 1.21. The van der Waals surface area contributed by atoms with Gasteiger partial charge in [-0.05, 0) is 166 Å². The van der Waals surface area contributed by atoms with Crippen LogP contribution in [-0.4, -0.2) is 0 Å². The third-order valence-electron chi connectivity index (χ3n) is 14.3. The first-order chi connectivity index (χ1) is 32.7. The molecule has 0 aliphatic rings. The normalized spacial score (nSPS) is 11.9. The third kappa shape index (κ3) is 5.79. The topological polar surface area (TPSA) is 0 Å². The van der Waals surface area contributed by atoms with Crippen molar-refractivity contribution < 1.29 is 0 Å². The molecule has 0 atom stereocenters. The largest absolute Gasteiger partial charge is 0.0616 e. The van der Waals surface area contributed by atoms with Crippen LogP contribution in [0.2, 0.25) is 0 Å². The fourth-order valence-electron chi connectivity index (χ4n) is 11.1. The van der Waals surface area contributed by atoms with Crippen LogP contribution in [0.1, 0.15) is 0 Å². The quantitative estimate of drug-likeness (QED) is 0.146. The first kappa shape index (κ1) is 36.9. The molecule has 0 aliphatic heterocycles. The van der Waals surface area contributed by atoms with Gasteiger partial charge in [-0.15, -0.1) is 0 Å². The van der Waals surface area contributed by atoms with Gasteiger partial charge < -0.3 is 0 Å². The summed E-state index contributed by atoms with van der Waals surface area (Å²) in [6, 6.07) is 90.4. The van der Waals surface area contributed by atoms with Crippen LogP contribution in [0.25, 0.3) is 142 Å². The summed E-state index contributed by atoms with van der Waals surface area (Å²) in [4.78, 5) is 0. The summed E-state index contributed by atoms with van der Waals surface area (Å²) in [5.41, 5.74) is 14.8. The van der Waals surface area contributed by atoms with Crippen LogP contribution in [0.15, 0.2) is 243 Å². The van der Waals surface area contributed by atoms with Crippen molar-refractivity contribution in [3.8, 4) is 66.8 Å². The lowest BCUT2D eigenvalue weighted by molar-refractivity contribution is 1.58. The Bertz CT molecular complexity index is 4190. The van der Waals surface area contributed by atoms with E-state index in [0.717, 1.165) is 0 Å². The second kappa shape index (κ2) is 14.5. The van der Waals surface area contributed by atoms with E-state index >= 15 is 0 Å². The molecule has 66 heavy (non-hydrogen) atoms. The highest BCUT2D eigenvalue weighted by Gasteiger charge is 2.17. The van der Waals surface area contributed by atoms with Gasteiger partial charge in [-0.2, -0.15) is 0 Å². The molecule has 14 rings (SSSR count). The van der Waals surface area contributed by atoms with Gasteiger partial charge in [0, 0.05) is 0 Å². The van der Waals surface area contributed by atoms with E-state index in [1.54, 1.807) is 0 Å². The van der Waals surface area contributed by atoms with Crippen molar-refractivity contribution in [2.24, 2.45) is 0 Å². The highest BCUT2D eigenvalue weighted by molar-refractivity contribution is 6.28. The number of rotatable bonds is 6. The summed E-state index contributed by atoms with van der Waals surface area (Å²) in [5.74, 6) is 0. The third-order valence-corrected chi connectivity index (χ3v) is 14.3. The van der Waals surface area contributed by atoms with Crippen molar-refractivity contribution >= 4 is 75.4 Å². The molecule has 0 spiro atoms. The highest BCUT2D eigenvalue weighted by Crippen LogP contribution is 2.44. The number of fused-ring (bicyclic) bond motifs is 1. The first-order valence-corrected chi connectivity index (χ1v) is 23.0. The van der Waals surface area contributed by atoms with E-state index in [2.05, 4.69) is 243 Å². The van der Waals surface area contributed by atoms with Crippen molar-refractivity contribution in [3.05, 3.63) is 243 Å². The molecule has 0 aromatic heterocycles. The number of benzene rings is 14. The van der Waals surface area contributed by atoms with Crippen LogP contribution in [0.5, 0.6) is 0 Å². The summed E-state index contributed by atoms with van der Waals surface area (Å²) < 4.78 is 0. The predicted octanol–water partition coefficient (Wildman–Crippen LogP) is 18.6. The minimum atomic E-state index is 1.21. The molecule has 0 radical (unpaired) electrons. The zero-order valence-electron chi connectivity index (χ0n) is 36.1. The van der Waals surface area contributed by atoms with Gasteiger partial charge >= 0.3 is 0 Å². The lowest BCUT2D eigenvalue weighted by Crippen LogP contribution is -1.90. The molecule has 0 fully saturated rings. The predicted molar refractivity (Wildman–Crippen MR) is 284 cm³/mol. The summed E-state index contributed by atoms with van der Waals surface area (Å²) in [5, 5.41) is 18.2. The maximum absolute atomic E-state index is 2.37. The zero-order chi connectivity index (χ0) is 43.3. The highest BCUT2D eigenvalue weighted by atomic mass is 14.2. The lowest BCUT2D eigenvalue weighted by Gasteiger charge is -2.17. The molecule has 14 aromatic carbocycles. The summed E-state index contributed by atoms with van der Waals surface area (Å²) in [6.07, 6.45) is 0. The van der Waals surface area contributed by atoms with Crippen LogP contribution >= 0.6 is 0 Å². The molecule has 0 heterocycles. The second-order valence-corrected chi connectivity index (χ2v) is 18.0. The molecule has 0 amide bonds. The van der Waals surface area contributed by atoms with Crippen molar-refractivity contribution in [3.63, 3.8) is 0 Å². The maximum Gasteiger partial charge on any atom is -0.00203 e. The van der Waals surface area contributed by atoms with Gasteiger partial charge in [0.05, 0.1) is 0 Å². The van der Waals surface area contributed by atoms with E-state index in [4.69, 9.17) is 0 Å². The molecule has 0 nitrogen and oxygen atoms in total. The molecule has 0 heteroatoms. The van der Waals surface area contributed by atoms with Gasteiger partial charge in [0.25, 0.3) is 0 Å². The van der Waals surface area contributed by atoms with Gasteiger partial charge in [-0.1, -0.05) is 218 Å². The molecule has 0 saturated heterocycles. The monoisotopic (exact) mass is 832 g/mol. The Morgan fingerprint density at radius 2 is 0.470 bits per heavy atom. The Hall–Kier alpha value is -8.58. The summed E-state index contributed by atoms with van der Waals surface area (Å²) >= 11 is 0. The van der Waals surface area contributed by atoms with Crippen molar-refractivity contribution in [2.45, 2.75) is 0 Å². The fraction of sp³-hybridized carbons (Fsp3) is 0. The van der Waals surface area contributed by atoms with E-state index in [-0.39, 0.29) is 0 Å². The maximum atomic E-state index is 2.37. The molecule has 14 aromatic rings. The molecular weight excluding hydrogens is 793 g/mol. The van der Waals surface area contributed by atoms with Gasteiger partial charge in [0.1, 0.15) is 0 Å². The van der Waals surface area contributed by atoms with E-state index in [1.165, 1.54) is 142 Å². The van der Waals surface area contributed by atoms with Gasteiger partial charge in [0.2, 0.25) is 0 Å². The Morgan fingerprint density at radius 3 is 1.00 bits per heavy atom. The molecule has 304 valence electrons. The molecule has 0 bridgehead atoms. The van der Waals surface area contributed by atoms with Gasteiger partial charge in [-0.3, -0.25) is 0 Å². The molecule has 0 aliphatic carbocycles. The van der Waals surface area contributed by atoms with Gasteiger partial charge in [0.15, 0.2) is 0 Å². The Balaban J connectivity index is 0.815. The van der Waals surface area contributed by atoms with Crippen LogP contribution in [-0.2, 0) is 0 Å². The zero-order valence-corrected chi connectivity index (χ0v) is 36.1. The van der Waals surface area contributed by atoms with Crippen LogP contribution in [0.4, 0.5) is 0 Å². The standard InChI is InChI=1S/C66H40/c1-2-8-49-37-54(24-19-41(49)7-1)42-17-20-43(21-18-42)57-31-25-47-30-36-62-59(33-27-48-29-35-60(57)65(47)66(48)62)56-16-6-14-53(40-56)51-12-4-11-50(38-51)52-13-5-15-55(39-52)58-32-26-46-23-22-44-9-3-10-45-28-34-61(58)64(46)63(44)45/h1-40H. The van der Waals surface area contributed by atoms with E-state index < -0.39 is 0 Å². The van der Waals surface area contributed by atoms with Crippen molar-refractivity contribution in [1.29, 1.82) is 0 Å². The van der Waals surface area contributed by atoms with Crippen LogP contribution in [0.3, 0.4) is 0 Å². The van der Waals surface area contributed by atoms with Crippen molar-refractivity contribution in [1.82, 2.24) is 0 Å². The Morgan fingerprint density at radius 1 is 0.152 bits per heavy atom. The van der Waals surface area contributed by atoms with Gasteiger partial charge in [-0.25, -0.2) is 0 Å². The molecular formula is C66H40. The average molecular weight is 833 g/mol. The second-order valence-electron chi connectivity index (χ2n) is 18.0. The molecule has 0 N–H and O–H groups in total. The molecule has 0 unspecified atom stereocenters.